The summed E-state index contributed by atoms with van der Waals surface area (Å²) in [6, 6.07) is 16.3. The molecule has 0 bridgehead atoms. The summed E-state index contributed by atoms with van der Waals surface area (Å²) in [5.74, 6) is 1.10. The number of amides is 1. The zero-order valence-electron chi connectivity index (χ0n) is 19.5. The Hall–Kier alpha value is -2.86. The van der Waals surface area contributed by atoms with Crippen LogP contribution in [-0.4, -0.2) is 57.0 Å². The Morgan fingerprint density at radius 3 is 2.48 bits per heavy atom. The summed E-state index contributed by atoms with van der Waals surface area (Å²) in [4.78, 5) is 19.1. The van der Waals surface area contributed by atoms with E-state index < -0.39 is 0 Å². The largest absolute Gasteiger partial charge is 0.357 e. The molecular formula is C25H37N5O. The van der Waals surface area contributed by atoms with E-state index in [1.165, 1.54) is 11.1 Å². The van der Waals surface area contributed by atoms with Crippen LogP contribution in [-0.2, 0) is 6.54 Å². The second-order valence-corrected chi connectivity index (χ2v) is 8.15. The Morgan fingerprint density at radius 2 is 1.81 bits per heavy atom. The molecule has 0 aliphatic heterocycles. The molecule has 0 aromatic heterocycles. The Balaban J connectivity index is 1.95. The highest BCUT2D eigenvalue weighted by molar-refractivity contribution is 5.94. The molecular weight excluding hydrogens is 386 g/mol. The number of guanidine groups is 1. The number of benzene rings is 2. The van der Waals surface area contributed by atoms with Crippen molar-refractivity contribution in [3.8, 4) is 0 Å². The fraction of sp³-hybridized carbons (Fsp3) is 0.440. The zero-order chi connectivity index (χ0) is 22.6. The number of rotatable bonds is 10. The van der Waals surface area contributed by atoms with Gasteiger partial charge in [-0.2, -0.15) is 0 Å². The lowest BCUT2D eigenvalue weighted by Crippen LogP contribution is -2.39. The van der Waals surface area contributed by atoms with E-state index in [0.717, 1.165) is 31.2 Å². The van der Waals surface area contributed by atoms with Gasteiger partial charge in [0.05, 0.1) is 6.54 Å². The van der Waals surface area contributed by atoms with Gasteiger partial charge in [-0.05, 0) is 57.1 Å². The van der Waals surface area contributed by atoms with E-state index in [0.29, 0.717) is 24.6 Å². The van der Waals surface area contributed by atoms with Crippen molar-refractivity contribution in [3.05, 3.63) is 70.8 Å². The van der Waals surface area contributed by atoms with Crippen LogP contribution < -0.4 is 16.0 Å². The van der Waals surface area contributed by atoms with E-state index in [1.807, 2.05) is 43.3 Å². The number of likely N-dealkylation sites (N-methyl/N-ethyl adjacent to an activating group) is 1. The van der Waals surface area contributed by atoms with Crippen molar-refractivity contribution >= 4 is 11.9 Å². The SMILES string of the molecule is CCNC(=NCc1cccc(C(=O)NCCN(C)C)c1)NCC(C)c1ccc(C)cc1. The fourth-order valence-corrected chi connectivity index (χ4v) is 3.08. The molecule has 2 aromatic rings. The standard InChI is InChI=1S/C25H37N5O/c1-6-26-25(28-17-20(3)22-12-10-19(2)11-13-22)29-18-21-8-7-9-23(16-21)24(31)27-14-15-30(4)5/h7-13,16,20H,6,14-15,17-18H2,1-5H3,(H,27,31)(H2,26,28,29). The van der Waals surface area contributed by atoms with Crippen LogP contribution in [0.15, 0.2) is 53.5 Å². The van der Waals surface area contributed by atoms with Crippen molar-refractivity contribution in [2.75, 3.05) is 40.3 Å². The fourth-order valence-electron chi connectivity index (χ4n) is 3.08. The van der Waals surface area contributed by atoms with Gasteiger partial charge < -0.3 is 20.9 Å². The van der Waals surface area contributed by atoms with Gasteiger partial charge in [0.15, 0.2) is 5.96 Å². The van der Waals surface area contributed by atoms with Gasteiger partial charge in [-0.15, -0.1) is 0 Å². The first kappa shape index (κ1) is 24.4. The molecule has 0 heterocycles. The predicted molar refractivity (Wildman–Crippen MR) is 130 cm³/mol. The van der Waals surface area contributed by atoms with Gasteiger partial charge in [0.25, 0.3) is 5.91 Å². The molecule has 0 radical (unpaired) electrons. The van der Waals surface area contributed by atoms with E-state index in [-0.39, 0.29) is 5.91 Å². The maximum absolute atomic E-state index is 12.4. The summed E-state index contributed by atoms with van der Waals surface area (Å²) in [6.45, 7) is 9.90. The molecule has 1 atom stereocenters. The van der Waals surface area contributed by atoms with E-state index in [1.54, 1.807) is 0 Å². The van der Waals surface area contributed by atoms with Gasteiger partial charge in [0.2, 0.25) is 0 Å². The van der Waals surface area contributed by atoms with Gasteiger partial charge in [-0.3, -0.25) is 4.79 Å². The molecule has 31 heavy (non-hydrogen) atoms. The summed E-state index contributed by atoms with van der Waals surface area (Å²) in [5, 5.41) is 9.69. The monoisotopic (exact) mass is 423 g/mol. The molecule has 6 heteroatoms. The molecule has 0 aliphatic carbocycles. The Labute approximate surface area is 187 Å². The number of carbonyl (C=O) groups excluding carboxylic acids is 1. The Kier molecular flexibility index (Phi) is 10.0. The molecule has 0 saturated heterocycles. The average Bonchev–Trinajstić information content (AvgIpc) is 2.75. The predicted octanol–water partition coefficient (Wildman–Crippen LogP) is 3.15. The van der Waals surface area contributed by atoms with Crippen LogP contribution in [0.25, 0.3) is 0 Å². The van der Waals surface area contributed by atoms with Gasteiger partial charge >= 0.3 is 0 Å². The molecule has 2 rings (SSSR count). The van der Waals surface area contributed by atoms with E-state index >= 15 is 0 Å². The van der Waals surface area contributed by atoms with Gasteiger partial charge in [0.1, 0.15) is 0 Å². The van der Waals surface area contributed by atoms with Crippen molar-refractivity contribution in [1.82, 2.24) is 20.9 Å². The van der Waals surface area contributed by atoms with Crippen molar-refractivity contribution in [1.29, 1.82) is 0 Å². The van der Waals surface area contributed by atoms with Gasteiger partial charge in [-0.25, -0.2) is 4.99 Å². The topological polar surface area (TPSA) is 68.8 Å². The normalized spacial score (nSPS) is 12.5. The molecule has 168 valence electrons. The van der Waals surface area contributed by atoms with Crippen molar-refractivity contribution in [2.24, 2.45) is 4.99 Å². The molecule has 0 aliphatic rings. The van der Waals surface area contributed by atoms with Gasteiger partial charge in [0, 0.05) is 31.7 Å². The molecule has 2 aromatic carbocycles. The zero-order valence-corrected chi connectivity index (χ0v) is 19.5. The summed E-state index contributed by atoms with van der Waals surface area (Å²) < 4.78 is 0. The van der Waals surface area contributed by atoms with Crippen LogP contribution in [0.3, 0.4) is 0 Å². The maximum Gasteiger partial charge on any atom is 0.251 e. The molecule has 0 spiro atoms. The highest BCUT2D eigenvalue weighted by Crippen LogP contribution is 2.14. The molecule has 3 N–H and O–H groups in total. The number of carbonyl (C=O) groups is 1. The molecule has 0 fully saturated rings. The first-order valence-corrected chi connectivity index (χ1v) is 11.0. The van der Waals surface area contributed by atoms with Crippen LogP contribution >= 0.6 is 0 Å². The number of nitrogens with zero attached hydrogens (tertiary/aromatic N) is 2. The summed E-state index contributed by atoms with van der Waals surface area (Å²) in [7, 11) is 3.98. The third-order valence-electron chi connectivity index (χ3n) is 5.02. The third kappa shape index (κ3) is 8.80. The second kappa shape index (κ2) is 12.7. The van der Waals surface area contributed by atoms with Crippen molar-refractivity contribution in [3.63, 3.8) is 0 Å². The minimum atomic E-state index is -0.0513. The number of hydrogen-bond acceptors (Lipinski definition) is 3. The van der Waals surface area contributed by atoms with E-state index in [4.69, 9.17) is 4.99 Å². The van der Waals surface area contributed by atoms with E-state index in [2.05, 4.69) is 61.0 Å². The smallest absolute Gasteiger partial charge is 0.251 e. The lowest BCUT2D eigenvalue weighted by atomic mass is 10.0. The number of hydrogen-bond donors (Lipinski definition) is 3. The van der Waals surface area contributed by atoms with E-state index in [9.17, 15) is 4.79 Å². The van der Waals surface area contributed by atoms with Crippen LogP contribution in [0.2, 0.25) is 0 Å². The minimum Gasteiger partial charge on any atom is -0.357 e. The lowest BCUT2D eigenvalue weighted by Gasteiger charge is -2.16. The van der Waals surface area contributed by atoms with Crippen molar-refractivity contribution < 1.29 is 4.79 Å². The van der Waals surface area contributed by atoms with Crippen LogP contribution in [0.1, 0.15) is 46.8 Å². The first-order chi connectivity index (χ1) is 14.9. The number of nitrogens with one attached hydrogen (secondary N) is 3. The average molecular weight is 424 g/mol. The van der Waals surface area contributed by atoms with Crippen molar-refractivity contribution in [2.45, 2.75) is 33.2 Å². The molecule has 1 amide bonds. The molecule has 1 unspecified atom stereocenters. The summed E-state index contributed by atoms with van der Waals surface area (Å²) in [5.41, 5.74) is 4.25. The number of aryl methyl sites for hydroxylation is 1. The Bertz CT molecular complexity index is 845. The lowest BCUT2D eigenvalue weighted by molar-refractivity contribution is 0.0951. The maximum atomic E-state index is 12.4. The van der Waals surface area contributed by atoms with Crippen LogP contribution in [0.5, 0.6) is 0 Å². The third-order valence-corrected chi connectivity index (χ3v) is 5.02. The second-order valence-electron chi connectivity index (χ2n) is 8.15. The minimum absolute atomic E-state index is 0.0513. The highest BCUT2D eigenvalue weighted by atomic mass is 16.1. The summed E-state index contributed by atoms with van der Waals surface area (Å²) >= 11 is 0. The first-order valence-electron chi connectivity index (χ1n) is 11.0. The highest BCUT2D eigenvalue weighted by Gasteiger charge is 2.08. The van der Waals surface area contributed by atoms with Gasteiger partial charge in [-0.1, -0.05) is 48.9 Å². The quantitative estimate of drug-likeness (QED) is 0.406. The Morgan fingerprint density at radius 1 is 1.06 bits per heavy atom. The number of aliphatic imine (C=N–C) groups is 1. The molecule has 0 saturated carbocycles. The molecule has 6 nitrogen and oxygen atoms in total. The van der Waals surface area contributed by atoms with Crippen LogP contribution in [0, 0.1) is 6.92 Å². The summed E-state index contributed by atoms with van der Waals surface area (Å²) in [6.07, 6.45) is 0. The van der Waals surface area contributed by atoms with Crippen LogP contribution in [0.4, 0.5) is 0 Å².